The fourth-order valence-electron chi connectivity index (χ4n) is 5.61. The molecule has 0 atom stereocenters. The molecule has 2 N–H and O–H groups in total. The highest BCUT2D eigenvalue weighted by atomic mass is 16.7. The summed E-state index contributed by atoms with van der Waals surface area (Å²) in [4.78, 5) is 25.3. The first-order chi connectivity index (χ1) is 23.0. The molecule has 0 bridgehead atoms. The monoisotopic (exact) mass is 614 g/mol. The summed E-state index contributed by atoms with van der Waals surface area (Å²) in [5, 5.41) is 22.2. The number of Topliss-reactive ketones (excluding diaryl/α,β-unsaturated/α-hetero) is 2. The highest BCUT2D eigenvalue weighted by Crippen LogP contribution is 2.47. The van der Waals surface area contributed by atoms with Gasteiger partial charge in [0.15, 0.2) is 0 Å². The Bertz CT molecular complexity index is 2160. The Morgan fingerprint density at radius 3 is 1.38 bits per heavy atom. The zero-order valence-corrected chi connectivity index (χ0v) is 25.0. The number of carbonyl (C=O) groups is 2. The van der Waals surface area contributed by atoms with Gasteiger partial charge in [0.05, 0.1) is 13.2 Å². The van der Waals surface area contributed by atoms with Gasteiger partial charge in [-0.2, -0.15) is 0 Å². The largest absolute Gasteiger partial charge is 0.457 e. The molecule has 1 heterocycles. The smallest absolute Gasteiger partial charge is 0.236 e. The van der Waals surface area contributed by atoms with Gasteiger partial charge in [-0.1, -0.05) is 84.6 Å². The van der Waals surface area contributed by atoms with Crippen LogP contribution in [0.3, 0.4) is 0 Å². The van der Waals surface area contributed by atoms with Crippen LogP contribution in [0.5, 0.6) is 11.5 Å². The second-order valence-corrected chi connectivity index (χ2v) is 11.0. The predicted molar refractivity (Wildman–Crippen MR) is 180 cm³/mol. The van der Waals surface area contributed by atoms with Crippen LogP contribution in [-0.4, -0.2) is 28.6 Å². The van der Waals surface area contributed by atoms with Crippen LogP contribution in [-0.2, 0) is 13.2 Å². The first-order valence-corrected chi connectivity index (χ1v) is 14.9. The molecular formula is C41H26O6. The summed E-state index contributed by atoms with van der Waals surface area (Å²) >= 11 is 0. The molecule has 0 aromatic heterocycles. The van der Waals surface area contributed by atoms with Crippen molar-refractivity contribution in [3.05, 3.63) is 143 Å². The van der Waals surface area contributed by atoms with E-state index < -0.39 is 0 Å². The number of hydrogen-bond acceptors (Lipinski definition) is 6. The van der Waals surface area contributed by atoms with E-state index in [1.807, 2.05) is 60.7 Å². The molecule has 0 fully saturated rings. The van der Waals surface area contributed by atoms with Gasteiger partial charge in [0.2, 0.25) is 18.4 Å². The average Bonchev–Trinajstić information content (AvgIpc) is 3.32. The van der Waals surface area contributed by atoms with Gasteiger partial charge in [0.25, 0.3) is 0 Å². The minimum atomic E-state index is -0.299. The van der Waals surface area contributed by atoms with Gasteiger partial charge in [0, 0.05) is 33.4 Å². The van der Waals surface area contributed by atoms with E-state index in [0.29, 0.717) is 33.8 Å². The molecule has 226 valence electrons. The number of aliphatic hydroxyl groups excluding tert-OH is 2. The molecule has 6 heteroatoms. The van der Waals surface area contributed by atoms with Gasteiger partial charge in [0.1, 0.15) is 11.5 Å². The van der Waals surface area contributed by atoms with Crippen molar-refractivity contribution in [1.82, 2.24) is 0 Å². The molecule has 0 unspecified atom stereocenters. The van der Waals surface area contributed by atoms with E-state index >= 15 is 0 Å². The van der Waals surface area contributed by atoms with Gasteiger partial charge in [-0.25, -0.2) is 0 Å². The molecule has 6 nitrogen and oxygen atoms in total. The highest BCUT2D eigenvalue weighted by molar-refractivity contribution is 6.12. The van der Waals surface area contributed by atoms with Crippen LogP contribution < -0.4 is 9.47 Å². The number of benzene rings is 6. The lowest BCUT2D eigenvalue weighted by Crippen LogP contribution is -2.03. The molecule has 0 spiro atoms. The number of ether oxygens (including phenoxy) is 2. The summed E-state index contributed by atoms with van der Waals surface area (Å²) in [5.41, 5.74) is 5.57. The fraction of sp³-hybridized carbons (Fsp3) is 0.0732. The predicted octanol–water partition coefficient (Wildman–Crippen LogP) is 6.84. The lowest BCUT2D eigenvalue weighted by atomic mass is 9.91. The van der Waals surface area contributed by atoms with Crippen LogP contribution in [0.1, 0.15) is 43.0 Å². The van der Waals surface area contributed by atoms with Gasteiger partial charge < -0.3 is 19.7 Å². The molecule has 47 heavy (non-hydrogen) atoms. The minimum Gasteiger partial charge on any atom is -0.457 e. The van der Waals surface area contributed by atoms with Gasteiger partial charge >= 0.3 is 0 Å². The van der Waals surface area contributed by atoms with E-state index in [1.54, 1.807) is 48.5 Å². The van der Waals surface area contributed by atoms with Crippen molar-refractivity contribution in [3.63, 3.8) is 0 Å². The van der Waals surface area contributed by atoms with Crippen molar-refractivity contribution < 1.29 is 29.3 Å². The molecule has 0 saturated carbocycles. The van der Waals surface area contributed by atoms with E-state index in [0.717, 1.165) is 43.8 Å². The van der Waals surface area contributed by atoms with E-state index in [4.69, 9.17) is 9.47 Å². The van der Waals surface area contributed by atoms with Crippen LogP contribution in [0.4, 0.5) is 0 Å². The molecule has 6 aromatic carbocycles. The molecule has 6 aromatic rings. The van der Waals surface area contributed by atoms with Crippen LogP contribution in [0.15, 0.2) is 109 Å². The number of hydrogen-bond donors (Lipinski definition) is 2. The van der Waals surface area contributed by atoms with Crippen molar-refractivity contribution in [2.45, 2.75) is 13.2 Å². The number of aliphatic hydroxyl groups is 2. The maximum absolute atomic E-state index is 12.7. The third kappa shape index (κ3) is 5.95. The second kappa shape index (κ2) is 12.7. The maximum Gasteiger partial charge on any atom is 0.236 e. The van der Waals surface area contributed by atoms with Crippen molar-refractivity contribution >= 4 is 33.1 Å². The summed E-state index contributed by atoms with van der Waals surface area (Å²) in [7, 11) is 0. The normalized spacial score (nSPS) is 11.4. The Kier molecular flexibility index (Phi) is 7.96. The summed E-state index contributed by atoms with van der Waals surface area (Å²) in [6.07, 6.45) is 0. The first-order valence-electron chi connectivity index (χ1n) is 14.9. The van der Waals surface area contributed by atoms with Gasteiger partial charge in [-0.05, 0) is 80.9 Å². The second-order valence-electron chi connectivity index (χ2n) is 11.0. The highest BCUT2D eigenvalue weighted by Gasteiger charge is 2.22. The van der Waals surface area contributed by atoms with Crippen LogP contribution >= 0.6 is 0 Å². The molecule has 7 rings (SSSR count). The Balaban J connectivity index is 1.24. The SMILES string of the molecule is O=C(C#Cc1ccc2c3c(ccc2c1)OCOc1ccc2cc(C#CC(=O)c4ccc(CO)cc4)ccc2c1-3)c1ccc(CO)cc1. The molecule has 0 saturated heterocycles. The Morgan fingerprint density at radius 2 is 0.979 bits per heavy atom. The first kappa shape index (κ1) is 29.5. The number of rotatable bonds is 4. The summed E-state index contributed by atoms with van der Waals surface area (Å²) in [6, 6.07) is 32.9. The van der Waals surface area contributed by atoms with E-state index in [1.165, 1.54) is 0 Å². The zero-order chi connectivity index (χ0) is 32.3. The molecule has 1 aliphatic rings. The lowest BCUT2D eigenvalue weighted by molar-refractivity contribution is 0.104. The molecule has 0 amide bonds. The standard InChI is InChI=1S/C41H26O6/c42-23-28-1-9-30(10-2-28)36(44)17-7-26-5-15-34-32(21-26)13-19-38-40(34)41-35-16-6-27(22-33(35)14-20-39(41)47-25-46-38)8-18-37(45)31-11-3-29(24-43)4-12-31/h1-6,9-16,19-22,42-43H,23-25H2. The van der Waals surface area contributed by atoms with Crippen molar-refractivity contribution in [1.29, 1.82) is 0 Å². The molecular weight excluding hydrogens is 588 g/mol. The van der Waals surface area contributed by atoms with Crippen molar-refractivity contribution in [2.24, 2.45) is 0 Å². The van der Waals surface area contributed by atoms with Crippen LogP contribution in [0.2, 0.25) is 0 Å². The van der Waals surface area contributed by atoms with Crippen molar-refractivity contribution in [3.8, 4) is 46.3 Å². The Morgan fingerprint density at radius 1 is 0.553 bits per heavy atom. The van der Waals surface area contributed by atoms with E-state index in [2.05, 4.69) is 23.7 Å². The summed E-state index contributed by atoms with van der Waals surface area (Å²) in [5.74, 6) is 12.2. The topological polar surface area (TPSA) is 93.1 Å². The molecule has 0 aliphatic carbocycles. The average molecular weight is 615 g/mol. The molecule has 0 radical (unpaired) electrons. The Hall–Kier alpha value is -6.18. The van der Waals surface area contributed by atoms with Gasteiger partial charge in [-0.3, -0.25) is 9.59 Å². The quantitative estimate of drug-likeness (QED) is 0.167. The number of carbonyl (C=O) groups excluding carboxylic acids is 2. The van der Waals surface area contributed by atoms with Crippen LogP contribution in [0, 0.1) is 23.7 Å². The third-order valence-electron chi connectivity index (χ3n) is 8.08. The van der Waals surface area contributed by atoms with Crippen LogP contribution in [0.25, 0.3) is 32.7 Å². The fourth-order valence-corrected chi connectivity index (χ4v) is 5.61. The summed E-state index contributed by atoms with van der Waals surface area (Å²) < 4.78 is 12.0. The Labute approximate surface area is 270 Å². The summed E-state index contributed by atoms with van der Waals surface area (Å²) in [6.45, 7) is -0.105. The third-order valence-corrected chi connectivity index (χ3v) is 8.08. The van der Waals surface area contributed by atoms with Gasteiger partial charge in [-0.15, -0.1) is 0 Å². The minimum absolute atomic E-state index is 0.0624. The molecule has 1 aliphatic heterocycles. The van der Waals surface area contributed by atoms with Crippen molar-refractivity contribution in [2.75, 3.05) is 6.79 Å². The van der Waals surface area contributed by atoms with E-state index in [9.17, 15) is 19.8 Å². The van der Waals surface area contributed by atoms with E-state index in [-0.39, 0.29) is 31.6 Å². The zero-order valence-electron chi connectivity index (χ0n) is 25.0. The lowest BCUT2D eigenvalue weighted by Gasteiger charge is -2.14. The maximum atomic E-state index is 12.7. The number of ketones is 2. The number of fused-ring (bicyclic) bond motifs is 7.